The number of thioether (sulfide) groups is 1. The minimum absolute atomic E-state index is 0.204. The van der Waals surface area contributed by atoms with E-state index in [1.165, 1.54) is 5.56 Å². The molecular weight excluding hydrogens is 388 g/mol. The Morgan fingerprint density at radius 1 is 1.17 bits per heavy atom. The zero-order valence-corrected chi connectivity index (χ0v) is 17.8. The highest BCUT2D eigenvalue weighted by Crippen LogP contribution is 2.34. The average Bonchev–Trinajstić information content (AvgIpc) is 3.11. The van der Waals surface area contributed by atoms with Crippen molar-refractivity contribution in [1.82, 2.24) is 9.47 Å². The van der Waals surface area contributed by atoms with E-state index >= 15 is 0 Å². The zero-order chi connectivity index (χ0) is 21.1. The number of hydrogen-bond acceptors (Lipinski definition) is 5. The number of hydrogen-bond donors (Lipinski definition) is 0. The van der Waals surface area contributed by atoms with Crippen molar-refractivity contribution < 1.29 is 19.1 Å². The predicted octanol–water partition coefficient (Wildman–Crippen LogP) is 4.26. The fourth-order valence-electron chi connectivity index (χ4n) is 3.45. The van der Waals surface area contributed by atoms with Crippen LogP contribution in [0.5, 0.6) is 0 Å². The van der Waals surface area contributed by atoms with Gasteiger partial charge in [-0.2, -0.15) is 0 Å². The Hall–Kier alpha value is -2.80. The fraction of sp³-hybridized carbons (Fsp3) is 0.318. The van der Waals surface area contributed by atoms with Gasteiger partial charge in [-0.1, -0.05) is 25.1 Å². The standard InChI is InChI=1S/C22H24N2O4S/c1-5-16-9-7-8-10-18(16)24-14(3)11-17(15(24)4)12-19-21(26)23(22(27)29-19)13-20(25)28-6-2/h7-12H,5-6,13H2,1-4H3/b19-12-. The molecule has 6 nitrogen and oxygen atoms in total. The van der Waals surface area contributed by atoms with Crippen LogP contribution in [0, 0.1) is 13.8 Å². The Morgan fingerprint density at radius 3 is 2.59 bits per heavy atom. The Labute approximate surface area is 174 Å². The molecule has 0 unspecified atom stereocenters. The van der Waals surface area contributed by atoms with Gasteiger partial charge < -0.3 is 9.30 Å². The van der Waals surface area contributed by atoms with E-state index in [9.17, 15) is 14.4 Å². The Balaban J connectivity index is 1.93. The SMILES string of the molecule is CCOC(=O)CN1C(=O)S/C(=C\c2cc(C)n(-c3ccccc3CC)c2C)C1=O. The maximum Gasteiger partial charge on any atom is 0.326 e. The second-order valence-electron chi connectivity index (χ2n) is 6.72. The van der Waals surface area contributed by atoms with Crippen LogP contribution < -0.4 is 0 Å². The molecule has 0 N–H and O–H groups in total. The minimum Gasteiger partial charge on any atom is -0.465 e. The van der Waals surface area contributed by atoms with Crippen molar-refractivity contribution in [1.29, 1.82) is 0 Å². The quantitative estimate of drug-likeness (QED) is 0.524. The first-order valence-corrected chi connectivity index (χ1v) is 10.4. The lowest BCUT2D eigenvalue weighted by atomic mass is 10.1. The summed E-state index contributed by atoms with van der Waals surface area (Å²) < 4.78 is 7.01. The molecule has 0 radical (unpaired) electrons. The number of para-hydroxylation sites is 1. The molecule has 1 aromatic heterocycles. The summed E-state index contributed by atoms with van der Waals surface area (Å²) in [4.78, 5) is 37.7. The fourth-order valence-corrected chi connectivity index (χ4v) is 4.27. The van der Waals surface area contributed by atoms with Crippen LogP contribution in [0.2, 0.25) is 0 Å². The molecule has 0 spiro atoms. The van der Waals surface area contributed by atoms with Gasteiger partial charge in [0.15, 0.2) is 0 Å². The summed E-state index contributed by atoms with van der Waals surface area (Å²) in [6.07, 6.45) is 2.64. The summed E-state index contributed by atoms with van der Waals surface area (Å²) in [5.41, 5.74) is 5.24. The van der Waals surface area contributed by atoms with Crippen molar-refractivity contribution in [3.05, 3.63) is 57.8 Å². The lowest BCUT2D eigenvalue weighted by Gasteiger charge is -2.14. The molecule has 2 aromatic rings. The largest absolute Gasteiger partial charge is 0.465 e. The number of benzene rings is 1. The van der Waals surface area contributed by atoms with Crippen LogP contribution in [0.25, 0.3) is 11.8 Å². The second-order valence-corrected chi connectivity index (χ2v) is 7.71. The van der Waals surface area contributed by atoms with E-state index < -0.39 is 17.1 Å². The number of aromatic nitrogens is 1. The van der Waals surface area contributed by atoms with Crippen LogP contribution >= 0.6 is 11.8 Å². The molecule has 2 heterocycles. The van der Waals surface area contributed by atoms with Crippen molar-refractivity contribution in [3.63, 3.8) is 0 Å². The molecule has 2 amide bonds. The third-order valence-corrected chi connectivity index (χ3v) is 5.74. The van der Waals surface area contributed by atoms with E-state index in [1.54, 1.807) is 13.0 Å². The van der Waals surface area contributed by atoms with Gasteiger partial charge in [0.05, 0.1) is 11.5 Å². The Kier molecular flexibility index (Phi) is 6.27. The van der Waals surface area contributed by atoms with Crippen LogP contribution in [0.1, 0.15) is 36.4 Å². The number of amides is 2. The van der Waals surface area contributed by atoms with Gasteiger partial charge in [-0.3, -0.25) is 19.3 Å². The van der Waals surface area contributed by atoms with Crippen molar-refractivity contribution in [2.45, 2.75) is 34.1 Å². The molecule has 1 saturated heterocycles. The third kappa shape index (κ3) is 4.15. The second kappa shape index (κ2) is 8.69. The lowest BCUT2D eigenvalue weighted by molar-refractivity contribution is -0.145. The van der Waals surface area contributed by atoms with E-state index in [-0.39, 0.29) is 13.2 Å². The normalized spacial score (nSPS) is 15.4. The zero-order valence-electron chi connectivity index (χ0n) is 17.0. The van der Waals surface area contributed by atoms with Crippen molar-refractivity contribution >= 4 is 35.0 Å². The maximum atomic E-state index is 12.6. The van der Waals surface area contributed by atoms with E-state index in [0.29, 0.717) is 4.91 Å². The first-order valence-electron chi connectivity index (χ1n) is 9.55. The monoisotopic (exact) mass is 412 g/mol. The highest BCUT2D eigenvalue weighted by molar-refractivity contribution is 8.18. The summed E-state index contributed by atoms with van der Waals surface area (Å²) in [6, 6.07) is 10.2. The van der Waals surface area contributed by atoms with Crippen LogP contribution in [0.15, 0.2) is 35.2 Å². The van der Waals surface area contributed by atoms with E-state index in [0.717, 1.165) is 45.7 Å². The highest BCUT2D eigenvalue weighted by atomic mass is 32.2. The van der Waals surface area contributed by atoms with Gasteiger partial charge in [-0.05, 0) is 68.3 Å². The number of imide groups is 1. The minimum atomic E-state index is -0.592. The number of carbonyl (C=O) groups is 3. The number of aryl methyl sites for hydroxylation is 2. The molecule has 7 heteroatoms. The van der Waals surface area contributed by atoms with Gasteiger partial charge in [0, 0.05) is 17.1 Å². The molecule has 1 aliphatic heterocycles. The van der Waals surface area contributed by atoms with Gasteiger partial charge >= 0.3 is 5.97 Å². The van der Waals surface area contributed by atoms with Gasteiger partial charge in [-0.25, -0.2) is 0 Å². The molecular formula is C22H24N2O4S. The molecule has 1 aromatic carbocycles. The van der Waals surface area contributed by atoms with Gasteiger partial charge in [-0.15, -0.1) is 0 Å². The van der Waals surface area contributed by atoms with Gasteiger partial charge in [0.2, 0.25) is 0 Å². The van der Waals surface area contributed by atoms with E-state index in [2.05, 4.69) is 23.6 Å². The molecule has 0 aliphatic carbocycles. The van der Waals surface area contributed by atoms with Gasteiger partial charge in [0.1, 0.15) is 6.54 Å². The topological polar surface area (TPSA) is 68.6 Å². The first-order chi connectivity index (χ1) is 13.9. The van der Waals surface area contributed by atoms with Gasteiger partial charge in [0.25, 0.3) is 11.1 Å². The lowest BCUT2D eigenvalue weighted by Crippen LogP contribution is -2.34. The number of esters is 1. The molecule has 3 rings (SSSR count). The highest BCUT2D eigenvalue weighted by Gasteiger charge is 2.36. The van der Waals surface area contributed by atoms with Crippen LogP contribution in [0.4, 0.5) is 4.79 Å². The summed E-state index contributed by atoms with van der Waals surface area (Å²) in [5, 5.41) is -0.459. The summed E-state index contributed by atoms with van der Waals surface area (Å²) in [5.74, 6) is -1.06. The van der Waals surface area contributed by atoms with Crippen LogP contribution in [-0.2, 0) is 20.7 Å². The van der Waals surface area contributed by atoms with E-state index in [1.807, 2.05) is 32.0 Å². The average molecular weight is 413 g/mol. The number of rotatable bonds is 6. The summed E-state index contributed by atoms with van der Waals surface area (Å²) in [7, 11) is 0. The maximum absolute atomic E-state index is 12.6. The Bertz CT molecular complexity index is 1010. The third-order valence-electron chi connectivity index (χ3n) is 4.84. The van der Waals surface area contributed by atoms with Crippen molar-refractivity contribution in [3.8, 4) is 5.69 Å². The first kappa shape index (κ1) is 20.9. The number of ether oxygens (including phenoxy) is 1. The Morgan fingerprint density at radius 2 is 1.90 bits per heavy atom. The molecule has 29 heavy (non-hydrogen) atoms. The molecule has 0 atom stereocenters. The molecule has 1 aliphatic rings. The molecule has 0 bridgehead atoms. The number of carbonyl (C=O) groups excluding carboxylic acids is 3. The van der Waals surface area contributed by atoms with E-state index in [4.69, 9.17) is 4.74 Å². The van der Waals surface area contributed by atoms with Crippen molar-refractivity contribution in [2.75, 3.05) is 13.2 Å². The smallest absolute Gasteiger partial charge is 0.326 e. The van der Waals surface area contributed by atoms with Crippen molar-refractivity contribution in [2.24, 2.45) is 0 Å². The molecule has 1 fully saturated rings. The summed E-state index contributed by atoms with van der Waals surface area (Å²) >= 11 is 0.845. The molecule has 152 valence electrons. The predicted molar refractivity (Wildman–Crippen MR) is 114 cm³/mol. The summed E-state index contributed by atoms with van der Waals surface area (Å²) in [6.45, 7) is 7.65. The number of nitrogens with zero attached hydrogens (tertiary/aromatic N) is 2. The van der Waals surface area contributed by atoms with Crippen LogP contribution in [0.3, 0.4) is 0 Å². The van der Waals surface area contributed by atoms with Crippen LogP contribution in [-0.4, -0.2) is 39.7 Å². The molecule has 0 saturated carbocycles.